The second-order valence-corrected chi connectivity index (χ2v) is 3.79. The molecule has 0 saturated carbocycles. The molecular weight excluding hydrogens is 255 g/mol. The molecule has 0 radical (unpaired) electrons. The Morgan fingerprint density at radius 3 is 2.53 bits per heavy atom. The van der Waals surface area contributed by atoms with E-state index < -0.39 is 0 Å². The molecule has 0 bridgehead atoms. The monoisotopic (exact) mass is 272 g/mol. The van der Waals surface area contributed by atoms with Crippen LogP contribution in [0, 0.1) is 11.8 Å². The van der Waals surface area contributed by atoms with Crippen LogP contribution in [0.2, 0.25) is 0 Å². The zero-order valence-electron chi connectivity index (χ0n) is 9.69. The predicted molar refractivity (Wildman–Crippen MR) is 76.7 cm³/mol. The molecule has 0 saturated heterocycles. The lowest BCUT2D eigenvalue weighted by Gasteiger charge is -2.26. The first kappa shape index (κ1) is 16.3. The first-order valence-corrected chi connectivity index (χ1v) is 5.35. The first-order chi connectivity index (χ1) is 7.40. The van der Waals surface area contributed by atoms with Crippen LogP contribution in [-0.4, -0.2) is 24.5 Å². The summed E-state index contributed by atoms with van der Waals surface area (Å²) in [6.07, 6.45) is 1.14. The summed E-state index contributed by atoms with van der Waals surface area (Å²) in [6.45, 7) is 3.43. The molecule has 1 aromatic rings. The first-order valence-electron chi connectivity index (χ1n) is 5.35. The molecule has 0 spiro atoms. The molecule has 2 N–H and O–H groups in total. The predicted octanol–water partition coefficient (Wildman–Crippen LogP) is 1.85. The van der Waals surface area contributed by atoms with Crippen molar-refractivity contribution in [3.05, 3.63) is 35.4 Å². The summed E-state index contributed by atoms with van der Waals surface area (Å²) in [7, 11) is 0. The molecule has 17 heavy (non-hydrogen) atoms. The molecule has 2 nitrogen and oxygen atoms in total. The van der Waals surface area contributed by atoms with Crippen molar-refractivity contribution >= 4 is 24.8 Å². The molecule has 0 aromatic heterocycles. The molecule has 4 heteroatoms. The third-order valence-corrected chi connectivity index (χ3v) is 2.74. The van der Waals surface area contributed by atoms with Crippen molar-refractivity contribution in [2.45, 2.75) is 13.0 Å². The van der Waals surface area contributed by atoms with Crippen molar-refractivity contribution < 1.29 is 0 Å². The van der Waals surface area contributed by atoms with Crippen molar-refractivity contribution in [1.29, 1.82) is 0 Å². The normalized spacial score (nSPS) is 13.5. The summed E-state index contributed by atoms with van der Waals surface area (Å²) < 4.78 is 0. The lowest BCUT2D eigenvalue weighted by molar-refractivity contribution is 0.286. The van der Waals surface area contributed by atoms with Crippen LogP contribution >= 0.6 is 24.8 Å². The van der Waals surface area contributed by atoms with E-state index in [0.717, 1.165) is 26.1 Å². The molecular formula is C13H18Cl2N2. The Balaban J connectivity index is 0.00000128. The van der Waals surface area contributed by atoms with Crippen LogP contribution in [0.15, 0.2) is 24.3 Å². The van der Waals surface area contributed by atoms with E-state index in [9.17, 15) is 0 Å². The summed E-state index contributed by atoms with van der Waals surface area (Å²) in [5.41, 5.74) is 8.26. The van der Waals surface area contributed by atoms with Gasteiger partial charge in [-0.25, -0.2) is 0 Å². The van der Waals surface area contributed by atoms with Crippen LogP contribution in [0.3, 0.4) is 0 Å². The Hall–Kier alpha value is -0.720. The topological polar surface area (TPSA) is 29.3 Å². The molecule has 0 aliphatic carbocycles. The molecule has 94 valence electrons. The highest BCUT2D eigenvalue weighted by molar-refractivity contribution is 5.85. The summed E-state index contributed by atoms with van der Waals surface area (Å²) in [4.78, 5) is 2.37. The standard InChI is InChI=1S/C13H16N2.2ClH/c14-8-3-4-9-15-10-7-12-5-1-2-6-13(12)11-15;;/h1-2,5-6H,7-11,14H2;2*1H. The SMILES string of the molecule is Cl.Cl.NCC#CCN1CCc2ccccc2C1. The number of rotatable bonds is 1. The molecule has 1 heterocycles. The van der Waals surface area contributed by atoms with E-state index in [1.165, 1.54) is 11.1 Å². The van der Waals surface area contributed by atoms with E-state index in [1.54, 1.807) is 0 Å². The van der Waals surface area contributed by atoms with Gasteiger partial charge in [-0.15, -0.1) is 24.8 Å². The van der Waals surface area contributed by atoms with Gasteiger partial charge in [-0.05, 0) is 17.5 Å². The van der Waals surface area contributed by atoms with Crippen LogP contribution in [0.5, 0.6) is 0 Å². The van der Waals surface area contributed by atoms with Crippen LogP contribution in [-0.2, 0) is 13.0 Å². The number of fused-ring (bicyclic) bond motifs is 1. The maximum Gasteiger partial charge on any atom is 0.0605 e. The van der Waals surface area contributed by atoms with Crippen molar-refractivity contribution in [2.24, 2.45) is 5.73 Å². The summed E-state index contributed by atoms with van der Waals surface area (Å²) >= 11 is 0. The second kappa shape index (κ2) is 8.38. The molecule has 0 atom stereocenters. The van der Waals surface area contributed by atoms with Crippen LogP contribution in [0.1, 0.15) is 11.1 Å². The highest BCUT2D eigenvalue weighted by Gasteiger charge is 2.13. The molecule has 0 amide bonds. The zero-order valence-corrected chi connectivity index (χ0v) is 11.3. The number of hydrogen-bond acceptors (Lipinski definition) is 2. The number of benzene rings is 1. The van der Waals surface area contributed by atoms with Gasteiger partial charge in [0.05, 0.1) is 13.1 Å². The number of hydrogen-bond donors (Lipinski definition) is 1. The Morgan fingerprint density at radius 1 is 1.12 bits per heavy atom. The number of nitrogens with two attached hydrogens (primary N) is 1. The smallest absolute Gasteiger partial charge is 0.0605 e. The van der Waals surface area contributed by atoms with Crippen LogP contribution in [0.4, 0.5) is 0 Å². The quantitative estimate of drug-likeness (QED) is 0.791. The molecule has 0 unspecified atom stereocenters. The van der Waals surface area contributed by atoms with Gasteiger partial charge in [-0.3, -0.25) is 4.90 Å². The van der Waals surface area contributed by atoms with E-state index in [-0.39, 0.29) is 24.8 Å². The summed E-state index contributed by atoms with van der Waals surface area (Å²) in [5.74, 6) is 5.99. The fraction of sp³-hybridized carbons (Fsp3) is 0.385. The van der Waals surface area contributed by atoms with Crippen molar-refractivity contribution in [3.8, 4) is 11.8 Å². The van der Waals surface area contributed by atoms with Gasteiger partial charge in [0, 0.05) is 13.1 Å². The highest BCUT2D eigenvalue weighted by atomic mass is 35.5. The van der Waals surface area contributed by atoms with E-state index in [2.05, 4.69) is 41.0 Å². The van der Waals surface area contributed by atoms with E-state index in [4.69, 9.17) is 5.73 Å². The minimum absolute atomic E-state index is 0. The minimum atomic E-state index is 0. The Morgan fingerprint density at radius 2 is 1.82 bits per heavy atom. The third kappa shape index (κ3) is 4.57. The maximum atomic E-state index is 5.33. The van der Waals surface area contributed by atoms with Gasteiger partial charge in [-0.2, -0.15) is 0 Å². The zero-order chi connectivity index (χ0) is 10.5. The van der Waals surface area contributed by atoms with Gasteiger partial charge in [0.1, 0.15) is 0 Å². The Kier molecular flexibility index (Phi) is 8.03. The van der Waals surface area contributed by atoms with Crippen molar-refractivity contribution in [2.75, 3.05) is 19.6 Å². The van der Waals surface area contributed by atoms with Crippen LogP contribution < -0.4 is 5.73 Å². The van der Waals surface area contributed by atoms with E-state index in [1.807, 2.05) is 0 Å². The van der Waals surface area contributed by atoms with Gasteiger partial charge in [0.25, 0.3) is 0 Å². The molecule has 1 aromatic carbocycles. The lowest BCUT2D eigenvalue weighted by Crippen LogP contribution is -2.30. The van der Waals surface area contributed by atoms with Gasteiger partial charge in [0.2, 0.25) is 0 Å². The van der Waals surface area contributed by atoms with Gasteiger partial charge >= 0.3 is 0 Å². The largest absolute Gasteiger partial charge is 0.320 e. The summed E-state index contributed by atoms with van der Waals surface area (Å²) in [6, 6.07) is 8.65. The molecule has 0 fully saturated rings. The molecule has 1 aliphatic rings. The van der Waals surface area contributed by atoms with Gasteiger partial charge in [-0.1, -0.05) is 36.1 Å². The van der Waals surface area contributed by atoms with E-state index in [0.29, 0.717) is 6.54 Å². The highest BCUT2D eigenvalue weighted by Crippen LogP contribution is 2.17. The Bertz CT molecular complexity index is 396. The van der Waals surface area contributed by atoms with Crippen LogP contribution in [0.25, 0.3) is 0 Å². The average Bonchev–Trinajstić information content (AvgIpc) is 2.29. The fourth-order valence-corrected chi connectivity index (χ4v) is 1.93. The van der Waals surface area contributed by atoms with E-state index >= 15 is 0 Å². The summed E-state index contributed by atoms with van der Waals surface area (Å²) in [5, 5.41) is 0. The lowest BCUT2D eigenvalue weighted by atomic mass is 10.0. The van der Waals surface area contributed by atoms with Crippen molar-refractivity contribution in [1.82, 2.24) is 4.90 Å². The average molecular weight is 273 g/mol. The maximum absolute atomic E-state index is 5.33. The minimum Gasteiger partial charge on any atom is -0.320 e. The number of nitrogens with zero attached hydrogens (tertiary/aromatic N) is 1. The Labute approximate surface area is 115 Å². The fourth-order valence-electron chi connectivity index (χ4n) is 1.93. The van der Waals surface area contributed by atoms with Gasteiger partial charge < -0.3 is 5.73 Å². The second-order valence-electron chi connectivity index (χ2n) is 3.79. The van der Waals surface area contributed by atoms with Gasteiger partial charge in [0.15, 0.2) is 0 Å². The number of halogens is 2. The molecule has 1 aliphatic heterocycles. The van der Waals surface area contributed by atoms with Crippen molar-refractivity contribution in [3.63, 3.8) is 0 Å². The molecule has 2 rings (SSSR count). The third-order valence-electron chi connectivity index (χ3n) is 2.74.